The van der Waals surface area contributed by atoms with E-state index in [1.54, 1.807) is 17.1 Å². The van der Waals surface area contributed by atoms with E-state index in [0.29, 0.717) is 29.2 Å². The number of methoxy groups -OCH3 is 3. The number of aromatic amines is 3. The highest BCUT2D eigenvalue weighted by Crippen LogP contribution is 2.14. The van der Waals surface area contributed by atoms with Crippen LogP contribution in [0.5, 0.6) is 0 Å². The van der Waals surface area contributed by atoms with Crippen LogP contribution in [0.2, 0.25) is 0 Å². The summed E-state index contributed by atoms with van der Waals surface area (Å²) in [5.41, 5.74) is 27.8. The second-order valence-electron chi connectivity index (χ2n) is 13.5. The number of carbonyl (C=O) groups excluding carboxylic acids is 6. The van der Waals surface area contributed by atoms with E-state index in [4.69, 9.17) is 38.1 Å². The predicted octanol–water partition coefficient (Wildman–Crippen LogP) is 6.64. The lowest BCUT2D eigenvalue weighted by Gasteiger charge is -1.94. The van der Waals surface area contributed by atoms with Crippen molar-refractivity contribution < 1.29 is 52.9 Å². The number of aliphatic carboxylic acids is 1. The Hall–Kier alpha value is -9.09. The number of nitrogens with zero attached hydrogens (tertiary/aromatic N) is 4. The number of carboxylic acid groups (broad SMARTS) is 1. The molecule has 25 nitrogen and oxygen atoms in total. The normalized spacial score (nSPS) is 8.55. The fourth-order valence-electron chi connectivity index (χ4n) is 4.09. The van der Waals surface area contributed by atoms with E-state index in [2.05, 4.69) is 76.0 Å². The van der Waals surface area contributed by atoms with Crippen molar-refractivity contribution in [3.05, 3.63) is 97.1 Å². The van der Waals surface area contributed by atoms with Gasteiger partial charge in [0.25, 0.3) is 5.97 Å². The molecule has 7 rings (SSSR count). The number of nitrogens with one attached hydrogen (secondary N) is 6. The summed E-state index contributed by atoms with van der Waals surface area (Å²) < 4.78 is 12.3. The molecule has 410 valence electrons. The van der Waals surface area contributed by atoms with Crippen molar-refractivity contribution in [1.82, 2.24) is 35.2 Å². The van der Waals surface area contributed by atoms with Gasteiger partial charge in [0.15, 0.2) is 5.95 Å². The number of carbonyl (C=O) groups is 7. The minimum Gasteiger partial charge on any atom is -0.481 e. The van der Waals surface area contributed by atoms with Crippen LogP contribution in [0.3, 0.4) is 0 Å². The second kappa shape index (κ2) is 46.0. The monoisotopic (exact) mass is 1110 g/mol. The third-order valence-corrected chi connectivity index (χ3v) is 7.06. The van der Waals surface area contributed by atoms with Crippen molar-refractivity contribution in [2.24, 2.45) is 5.73 Å². The quantitative estimate of drug-likeness (QED) is 0.0502. The first-order valence-corrected chi connectivity index (χ1v) is 22.6. The lowest BCUT2D eigenvalue weighted by atomic mass is 10.3. The number of hydrogen-bond acceptors (Lipinski definition) is 18. The van der Waals surface area contributed by atoms with Crippen LogP contribution in [0.1, 0.15) is 62.3 Å². The fourth-order valence-corrected chi connectivity index (χ4v) is 4.09. The second-order valence-corrected chi connectivity index (χ2v) is 13.9. The summed E-state index contributed by atoms with van der Waals surface area (Å²) in [6.45, 7) is 14.8. The summed E-state index contributed by atoms with van der Waals surface area (Å²) in [6, 6.07) is 30.2. The molecule has 0 aliphatic carbocycles. The molecule has 3 aromatic heterocycles. The molecule has 0 bridgehead atoms. The van der Waals surface area contributed by atoms with E-state index in [0.717, 1.165) is 53.1 Å². The van der Waals surface area contributed by atoms with E-state index >= 15 is 0 Å². The number of ether oxygens (including phenoxy) is 3. The van der Waals surface area contributed by atoms with E-state index in [1.807, 2.05) is 98.8 Å². The average Bonchev–Trinajstić information content (AvgIpc) is 4.06. The topological polar surface area (TPSA) is 417 Å². The average molecular weight is 1110 g/mol. The lowest BCUT2D eigenvalue weighted by Crippen LogP contribution is -2.18. The van der Waals surface area contributed by atoms with Gasteiger partial charge in [-0.3, -0.25) is 44.2 Å². The number of amides is 3. The number of hydrogen-bond donors (Lipinski definition) is 11. The molecule has 0 saturated heterocycles. The van der Waals surface area contributed by atoms with Gasteiger partial charge in [0.05, 0.1) is 65.8 Å². The van der Waals surface area contributed by atoms with E-state index in [1.165, 1.54) is 62.9 Å². The Morgan fingerprint density at radius 2 is 0.813 bits per heavy atom. The van der Waals surface area contributed by atoms with Gasteiger partial charge < -0.3 is 62.5 Å². The largest absolute Gasteiger partial charge is 0.481 e. The Morgan fingerprint density at radius 3 is 1.01 bits per heavy atom. The molecule has 7 aromatic rings. The molecule has 0 spiro atoms. The minimum absolute atomic E-state index is 0.0394. The number of nitriles is 1. The number of halogens is 1. The van der Waals surface area contributed by atoms with Gasteiger partial charge in [0, 0.05) is 70.9 Å². The van der Waals surface area contributed by atoms with E-state index in [9.17, 15) is 28.8 Å². The number of imidazole rings is 3. The number of H-pyrrole nitrogens is 3. The number of benzene rings is 4. The molecular weight excluding hydrogens is 1040 g/mol. The molecule has 15 N–H and O–H groups in total. The lowest BCUT2D eigenvalue weighted by molar-refractivity contribution is -0.138. The van der Waals surface area contributed by atoms with Crippen LogP contribution in [-0.4, -0.2) is 111 Å². The number of carboxylic acids is 1. The van der Waals surface area contributed by atoms with Crippen LogP contribution in [0.25, 0.3) is 33.1 Å². The van der Waals surface area contributed by atoms with Gasteiger partial charge in [-0.25, -0.2) is 15.0 Å². The van der Waals surface area contributed by atoms with Gasteiger partial charge in [0.2, 0.25) is 29.6 Å². The van der Waals surface area contributed by atoms with Crippen LogP contribution in [0, 0.1) is 10.2 Å². The first kappa shape index (κ1) is 72.5. The summed E-state index contributed by atoms with van der Waals surface area (Å²) in [7, 11) is 4.05. The fraction of sp³-hybridized carbons (Fsp3) is 0.286. The van der Waals surface area contributed by atoms with Crippen LogP contribution in [-0.2, 0) is 47.8 Å². The molecule has 3 heterocycles. The standard InChI is InChI=1S/2C9H9N3O.C7H7N3.C6H8N2.C4H9NO.3C3H6O2.C2H7N.C2H4O2.CBrN/c2*1-6(13)10-9-11-7-4-2-3-5-8(7)12-9;8-7-9-5-3-1-2-4-6(5)10-7;7-5-3-1-2-4-6(5)8;1-3-5-4(2)6;3*1-3(4)5-2;1-2-3;1-2(3)4;2-1-3/h2*2-5H,1H3,(H2,10,11,12,13);1-4H,(H3,8,9,10);1-4H,7-8H2;3H2,1-2H3,(H,5,6);3*1-2H3;2-3H2,1H3;1H3,(H,3,4);. The molecule has 0 aliphatic heterocycles. The highest BCUT2D eigenvalue weighted by atomic mass is 79.9. The number of fused-ring (bicyclic) bond motifs is 3. The predicted molar refractivity (Wildman–Crippen MR) is 297 cm³/mol. The molecule has 0 atom stereocenters. The van der Waals surface area contributed by atoms with Gasteiger partial charge in [-0.1, -0.05) is 55.5 Å². The summed E-state index contributed by atoms with van der Waals surface area (Å²) in [4.78, 5) is 92.0. The molecule has 3 amide bonds. The zero-order valence-corrected chi connectivity index (χ0v) is 45.7. The third kappa shape index (κ3) is 44.6. The van der Waals surface area contributed by atoms with Crippen LogP contribution in [0.15, 0.2) is 97.1 Å². The Morgan fingerprint density at radius 1 is 0.560 bits per heavy atom. The first-order chi connectivity index (χ1) is 35.3. The van der Waals surface area contributed by atoms with Gasteiger partial charge in [-0.2, -0.15) is 5.26 Å². The van der Waals surface area contributed by atoms with Crippen LogP contribution in [0.4, 0.5) is 29.2 Å². The van der Waals surface area contributed by atoms with Gasteiger partial charge in [-0.05, 0) is 62.0 Å². The number of rotatable bonds is 3. The molecule has 0 unspecified atom stereocenters. The van der Waals surface area contributed by atoms with E-state index in [-0.39, 0.29) is 35.6 Å². The Bertz CT molecular complexity index is 2510. The molecule has 0 radical (unpaired) electrons. The van der Waals surface area contributed by atoms with Crippen molar-refractivity contribution in [3.63, 3.8) is 0 Å². The molecule has 4 aromatic carbocycles. The van der Waals surface area contributed by atoms with Crippen LogP contribution < -0.4 is 38.9 Å². The van der Waals surface area contributed by atoms with Gasteiger partial charge in [0.1, 0.15) is 4.98 Å². The number of nitrogen functional groups attached to an aromatic ring is 3. The number of para-hydroxylation sites is 8. The highest BCUT2D eigenvalue weighted by Gasteiger charge is 2.03. The first-order valence-electron chi connectivity index (χ1n) is 21.8. The minimum atomic E-state index is -0.833. The number of anilines is 5. The van der Waals surface area contributed by atoms with Gasteiger partial charge >= 0.3 is 17.9 Å². The SMILES string of the molecule is CC(=O)Nc1nc2ccccc2[nH]1.CC(=O)Nc1nc2ccccc2[nH]1.CC(=O)O.CCN.CCNC(C)=O.COC(C)=O.COC(C)=O.COC(C)=O.N#CBr.Nc1ccccc1N.Nc1nc2ccccc2[nH]1. The smallest absolute Gasteiger partial charge is 0.302 e. The van der Waals surface area contributed by atoms with E-state index < -0.39 is 5.97 Å². The number of aromatic nitrogens is 6. The molecule has 26 heteroatoms. The molecule has 0 saturated carbocycles. The maximum absolute atomic E-state index is 10.7. The maximum atomic E-state index is 10.7. The van der Waals surface area contributed by atoms with Crippen molar-refractivity contribution in [1.29, 1.82) is 5.26 Å². The molecule has 0 fully saturated rings. The maximum Gasteiger partial charge on any atom is 0.302 e. The Balaban J connectivity index is -0.000000384. The van der Waals surface area contributed by atoms with Gasteiger partial charge in [-0.15, -0.1) is 0 Å². The summed E-state index contributed by atoms with van der Waals surface area (Å²) in [5.74, 6) is -0.320. The Labute approximate surface area is 444 Å². The Kier molecular flexibility index (Phi) is 44.4. The molecule has 75 heavy (non-hydrogen) atoms. The molecule has 0 aliphatic rings. The zero-order chi connectivity index (χ0) is 58.3. The highest BCUT2D eigenvalue weighted by molar-refractivity contribution is 9.12. The zero-order valence-electron chi connectivity index (χ0n) is 44.2. The summed E-state index contributed by atoms with van der Waals surface area (Å²) in [5, 5.41) is 22.4. The van der Waals surface area contributed by atoms with Crippen molar-refractivity contribution in [3.8, 4) is 4.98 Å². The van der Waals surface area contributed by atoms with Crippen molar-refractivity contribution in [2.75, 3.05) is 62.3 Å². The third-order valence-electron chi connectivity index (χ3n) is 7.06. The van der Waals surface area contributed by atoms with Crippen molar-refractivity contribution >= 4 is 120 Å². The molecular formula is C49H71BrN14O11. The number of nitrogens with two attached hydrogens (primary N) is 4. The van der Waals surface area contributed by atoms with Crippen LogP contribution >= 0.6 is 15.9 Å². The summed E-state index contributed by atoms with van der Waals surface area (Å²) in [6.07, 6.45) is 0. The summed E-state index contributed by atoms with van der Waals surface area (Å²) >= 11 is 2.45. The van der Waals surface area contributed by atoms with Crippen molar-refractivity contribution in [2.45, 2.75) is 62.3 Å². The number of esters is 3.